The second-order valence-electron chi connectivity index (χ2n) is 4.50. The molecule has 20 heavy (non-hydrogen) atoms. The number of H-pyrrole nitrogens is 1. The Bertz CT molecular complexity index is 647. The van der Waals surface area contributed by atoms with E-state index in [0.717, 1.165) is 5.56 Å². The third kappa shape index (κ3) is 3.26. The molecule has 1 aromatic carbocycles. The van der Waals surface area contributed by atoms with Gasteiger partial charge in [-0.1, -0.05) is 12.1 Å². The summed E-state index contributed by atoms with van der Waals surface area (Å²) in [6, 6.07) is 10.3. The topological polar surface area (TPSA) is 79.2 Å². The van der Waals surface area contributed by atoms with Crippen LogP contribution >= 0.6 is 0 Å². The number of nitrogens with zero attached hydrogens (tertiary/aromatic N) is 1. The lowest BCUT2D eigenvalue weighted by Crippen LogP contribution is -2.31. The number of nitrogens with one attached hydrogen (secondary N) is 1. The van der Waals surface area contributed by atoms with Crippen LogP contribution in [0.2, 0.25) is 0 Å². The predicted octanol–water partition coefficient (Wildman–Crippen LogP) is 1.62. The molecule has 0 radical (unpaired) electrons. The van der Waals surface area contributed by atoms with Gasteiger partial charge in [0, 0.05) is 36.6 Å². The molecule has 0 bridgehead atoms. The quantitative estimate of drug-likeness (QED) is 0.829. The van der Waals surface area contributed by atoms with Crippen LogP contribution in [0.15, 0.2) is 47.4 Å². The zero-order valence-corrected chi connectivity index (χ0v) is 11.3. The number of nitrogens with two attached hydrogens (primary N) is 1. The lowest BCUT2D eigenvalue weighted by molar-refractivity contribution is 0.0752. The first kappa shape index (κ1) is 13.9. The summed E-state index contributed by atoms with van der Waals surface area (Å²) in [5.41, 5.74) is 7.45. The molecule has 0 spiro atoms. The molecule has 104 valence electrons. The van der Waals surface area contributed by atoms with Crippen molar-refractivity contribution in [2.45, 2.75) is 13.5 Å². The molecule has 1 heterocycles. The van der Waals surface area contributed by atoms with E-state index in [0.29, 0.717) is 24.3 Å². The molecule has 0 aliphatic rings. The number of carbonyl (C=O) groups is 1. The molecule has 5 nitrogen and oxygen atoms in total. The Labute approximate surface area is 117 Å². The highest BCUT2D eigenvalue weighted by Crippen LogP contribution is 2.11. The van der Waals surface area contributed by atoms with Crippen molar-refractivity contribution < 1.29 is 4.79 Å². The van der Waals surface area contributed by atoms with Gasteiger partial charge in [0.05, 0.1) is 0 Å². The van der Waals surface area contributed by atoms with Crippen molar-refractivity contribution in [1.29, 1.82) is 0 Å². The maximum absolute atomic E-state index is 12.3. The second kappa shape index (κ2) is 6.06. The number of benzene rings is 1. The van der Waals surface area contributed by atoms with Gasteiger partial charge in [-0.25, -0.2) is 0 Å². The highest BCUT2D eigenvalue weighted by molar-refractivity contribution is 5.94. The molecule has 1 amide bonds. The summed E-state index contributed by atoms with van der Waals surface area (Å²) in [5, 5.41) is 0. The van der Waals surface area contributed by atoms with Crippen molar-refractivity contribution in [3.63, 3.8) is 0 Å². The largest absolute Gasteiger partial charge is 0.399 e. The fourth-order valence-corrected chi connectivity index (χ4v) is 1.93. The summed E-state index contributed by atoms with van der Waals surface area (Å²) in [4.78, 5) is 27.8. The van der Waals surface area contributed by atoms with E-state index < -0.39 is 0 Å². The van der Waals surface area contributed by atoms with Crippen molar-refractivity contribution in [3.8, 4) is 0 Å². The van der Waals surface area contributed by atoms with Gasteiger partial charge in [-0.2, -0.15) is 0 Å². The lowest BCUT2D eigenvalue weighted by atomic mass is 10.1. The zero-order valence-electron chi connectivity index (χ0n) is 11.3. The second-order valence-corrected chi connectivity index (χ2v) is 4.50. The molecule has 3 N–H and O–H groups in total. The first-order valence-corrected chi connectivity index (χ1v) is 6.42. The number of hydrogen-bond donors (Lipinski definition) is 2. The smallest absolute Gasteiger partial charge is 0.254 e. The molecule has 0 atom stereocenters. The average Bonchev–Trinajstić information content (AvgIpc) is 2.46. The van der Waals surface area contributed by atoms with Crippen molar-refractivity contribution in [1.82, 2.24) is 9.88 Å². The number of rotatable bonds is 4. The Kier molecular flexibility index (Phi) is 4.20. The number of aromatic nitrogens is 1. The minimum atomic E-state index is -0.278. The highest BCUT2D eigenvalue weighted by atomic mass is 16.2. The lowest BCUT2D eigenvalue weighted by Gasteiger charge is -2.21. The van der Waals surface area contributed by atoms with Crippen LogP contribution in [-0.2, 0) is 6.54 Å². The van der Waals surface area contributed by atoms with Crippen molar-refractivity contribution in [2.24, 2.45) is 0 Å². The van der Waals surface area contributed by atoms with E-state index in [-0.39, 0.29) is 11.5 Å². The molecule has 2 aromatic rings. The van der Waals surface area contributed by atoms with Crippen LogP contribution < -0.4 is 11.3 Å². The van der Waals surface area contributed by atoms with Gasteiger partial charge in [-0.3, -0.25) is 9.59 Å². The van der Waals surface area contributed by atoms with Crippen LogP contribution in [0.3, 0.4) is 0 Å². The number of aromatic amines is 1. The number of pyridine rings is 1. The summed E-state index contributed by atoms with van der Waals surface area (Å²) < 4.78 is 0. The van der Waals surface area contributed by atoms with Crippen molar-refractivity contribution in [2.75, 3.05) is 12.3 Å². The maximum atomic E-state index is 12.3. The van der Waals surface area contributed by atoms with Gasteiger partial charge in [-0.15, -0.1) is 0 Å². The zero-order chi connectivity index (χ0) is 14.5. The minimum Gasteiger partial charge on any atom is -0.399 e. The Morgan fingerprint density at radius 3 is 2.55 bits per heavy atom. The van der Waals surface area contributed by atoms with Gasteiger partial charge >= 0.3 is 0 Å². The van der Waals surface area contributed by atoms with E-state index in [1.165, 1.54) is 12.3 Å². The summed E-state index contributed by atoms with van der Waals surface area (Å²) in [6.07, 6.45) is 1.48. The van der Waals surface area contributed by atoms with Gasteiger partial charge in [0.2, 0.25) is 5.56 Å². The standard InChI is InChI=1S/C15H17N3O2/c1-2-18(10-11-3-5-13(16)6-4-11)15(20)12-7-8-17-14(19)9-12/h3-9H,2,10,16H2,1H3,(H,17,19). The van der Waals surface area contributed by atoms with Crippen LogP contribution in [0.5, 0.6) is 0 Å². The van der Waals surface area contributed by atoms with E-state index in [9.17, 15) is 9.59 Å². The van der Waals surface area contributed by atoms with E-state index in [2.05, 4.69) is 4.98 Å². The SMILES string of the molecule is CCN(Cc1ccc(N)cc1)C(=O)c1cc[nH]c(=O)c1. The summed E-state index contributed by atoms with van der Waals surface area (Å²) in [5.74, 6) is -0.157. The summed E-state index contributed by atoms with van der Waals surface area (Å²) in [7, 11) is 0. The third-order valence-electron chi connectivity index (χ3n) is 3.04. The Hall–Kier alpha value is -2.56. The average molecular weight is 271 g/mol. The minimum absolute atomic E-state index is 0.157. The third-order valence-corrected chi connectivity index (χ3v) is 3.04. The molecular weight excluding hydrogens is 254 g/mol. The molecule has 0 aliphatic heterocycles. The number of amides is 1. The van der Waals surface area contributed by atoms with E-state index >= 15 is 0 Å². The number of carbonyl (C=O) groups excluding carboxylic acids is 1. The fourth-order valence-electron chi connectivity index (χ4n) is 1.93. The van der Waals surface area contributed by atoms with E-state index in [1.807, 2.05) is 19.1 Å². The molecule has 0 saturated heterocycles. The molecule has 5 heteroatoms. The number of anilines is 1. The molecule has 2 rings (SSSR count). The first-order valence-electron chi connectivity index (χ1n) is 6.42. The number of nitrogen functional groups attached to an aromatic ring is 1. The van der Waals surface area contributed by atoms with Crippen molar-refractivity contribution in [3.05, 3.63) is 64.1 Å². The molecule has 0 unspecified atom stereocenters. The molecule has 1 aromatic heterocycles. The van der Waals surface area contributed by atoms with Crippen LogP contribution in [0.25, 0.3) is 0 Å². The van der Waals surface area contributed by atoms with Crippen LogP contribution in [0, 0.1) is 0 Å². The van der Waals surface area contributed by atoms with Crippen LogP contribution in [0.4, 0.5) is 5.69 Å². The molecular formula is C15H17N3O2. The normalized spacial score (nSPS) is 10.2. The van der Waals surface area contributed by atoms with Gasteiger partial charge in [-0.05, 0) is 30.7 Å². The Morgan fingerprint density at radius 2 is 1.95 bits per heavy atom. The predicted molar refractivity (Wildman–Crippen MR) is 78.3 cm³/mol. The van der Waals surface area contributed by atoms with E-state index in [1.54, 1.807) is 23.1 Å². The summed E-state index contributed by atoms with van der Waals surface area (Å²) in [6.45, 7) is 2.96. The Morgan fingerprint density at radius 1 is 1.25 bits per heavy atom. The molecule has 0 aliphatic carbocycles. The maximum Gasteiger partial charge on any atom is 0.254 e. The molecule has 0 fully saturated rings. The Balaban J connectivity index is 2.17. The number of hydrogen-bond acceptors (Lipinski definition) is 3. The van der Waals surface area contributed by atoms with E-state index in [4.69, 9.17) is 5.73 Å². The van der Waals surface area contributed by atoms with Gasteiger partial charge in [0.1, 0.15) is 0 Å². The van der Waals surface area contributed by atoms with Gasteiger partial charge in [0.15, 0.2) is 0 Å². The highest BCUT2D eigenvalue weighted by Gasteiger charge is 2.14. The first-order chi connectivity index (χ1) is 9.60. The van der Waals surface area contributed by atoms with Crippen LogP contribution in [0.1, 0.15) is 22.8 Å². The monoisotopic (exact) mass is 271 g/mol. The van der Waals surface area contributed by atoms with Gasteiger partial charge < -0.3 is 15.6 Å². The van der Waals surface area contributed by atoms with Crippen LogP contribution in [-0.4, -0.2) is 22.3 Å². The molecule has 0 saturated carbocycles. The summed E-state index contributed by atoms with van der Waals surface area (Å²) >= 11 is 0. The van der Waals surface area contributed by atoms with Gasteiger partial charge in [0.25, 0.3) is 5.91 Å². The fraction of sp³-hybridized carbons (Fsp3) is 0.200. The van der Waals surface area contributed by atoms with Crippen molar-refractivity contribution >= 4 is 11.6 Å².